The van der Waals surface area contributed by atoms with Crippen molar-refractivity contribution in [3.05, 3.63) is 0 Å². The van der Waals surface area contributed by atoms with Gasteiger partial charge in [-0.05, 0) is 79.1 Å². The molecular weight excluding hydrogens is 444 g/mol. The van der Waals surface area contributed by atoms with Crippen LogP contribution < -0.4 is 0 Å². The molecule has 0 aromatic heterocycles. The van der Waals surface area contributed by atoms with E-state index < -0.39 is 47.4 Å². The summed E-state index contributed by atoms with van der Waals surface area (Å²) in [7, 11) is 0. The average Bonchev–Trinajstić information content (AvgIpc) is 2.65. The summed E-state index contributed by atoms with van der Waals surface area (Å²) in [6.45, 7) is 15.5. The molecule has 2 N–H and O–H groups in total. The van der Waals surface area contributed by atoms with Crippen LogP contribution in [0.15, 0.2) is 0 Å². The van der Waals surface area contributed by atoms with E-state index in [2.05, 4.69) is 0 Å². The first-order valence-corrected chi connectivity index (χ1v) is 11.9. The van der Waals surface area contributed by atoms with Gasteiger partial charge in [0.15, 0.2) is 0 Å². The number of rotatable bonds is 2. The topological polar surface area (TPSA) is 134 Å². The van der Waals surface area contributed by atoms with E-state index >= 15 is 0 Å². The molecule has 2 aliphatic heterocycles. The Hall–Kier alpha value is -2.52. The van der Waals surface area contributed by atoms with Crippen molar-refractivity contribution in [1.29, 1.82) is 0 Å². The monoisotopic (exact) mass is 486 g/mol. The molecule has 2 saturated heterocycles. The predicted molar refractivity (Wildman–Crippen MR) is 126 cm³/mol. The average molecular weight is 487 g/mol. The maximum Gasteiger partial charge on any atom is 0.411 e. The minimum absolute atomic E-state index is 0.329. The van der Waals surface area contributed by atoms with Crippen LogP contribution in [0.5, 0.6) is 0 Å². The quantitative estimate of drug-likeness (QED) is 0.593. The smallest absolute Gasteiger partial charge is 0.411 e. The number of amides is 2. The minimum atomic E-state index is -0.956. The number of hydrogen-bond donors (Lipinski definition) is 2. The number of aliphatic carboxylic acids is 2. The van der Waals surface area contributed by atoms with Gasteiger partial charge >= 0.3 is 24.1 Å². The summed E-state index contributed by atoms with van der Waals surface area (Å²) in [5, 5.41) is 18.2. The van der Waals surface area contributed by atoms with Crippen LogP contribution in [-0.2, 0) is 19.1 Å². The van der Waals surface area contributed by atoms with Crippen LogP contribution in [0.4, 0.5) is 9.59 Å². The van der Waals surface area contributed by atoms with E-state index in [4.69, 9.17) is 19.7 Å². The lowest BCUT2D eigenvalue weighted by molar-refractivity contribution is -0.145. The highest BCUT2D eigenvalue weighted by Gasteiger charge is 2.38. The molecule has 0 unspecified atom stereocenters. The fraction of sp³-hybridized carbons (Fsp3) is 0.833. The van der Waals surface area contributed by atoms with E-state index in [1.807, 2.05) is 13.8 Å². The van der Waals surface area contributed by atoms with Gasteiger partial charge in [0.1, 0.15) is 23.3 Å². The second kappa shape index (κ2) is 11.8. The Morgan fingerprint density at radius 1 is 0.676 bits per heavy atom. The first kappa shape index (κ1) is 29.5. The third-order valence-electron chi connectivity index (χ3n) is 5.56. The lowest BCUT2D eigenvalue weighted by atomic mass is 9.93. The molecule has 0 aromatic rings. The van der Waals surface area contributed by atoms with Gasteiger partial charge in [0, 0.05) is 13.1 Å². The Bertz CT molecular complexity index is 678. The van der Waals surface area contributed by atoms with Gasteiger partial charge in [-0.3, -0.25) is 9.80 Å². The normalized spacial score (nSPS) is 25.5. The van der Waals surface area contributed by atoms with Gasteiger partial charge in [0.05, 0.1) is 0 Å². The zero-order valence-electron chi connectivity index (χ0n) is 21.8. The van der Waals surface area contributed by atoms with Crippen LogP contribution in [0.1, 0.15) is 81.1 Å². The molecule has 0 saturated carbocycles. The SMILES string of the molecule is C[C@@H]1CCN(C(=O)OC(C)(C)C)[C@H](C(=O)O)C1.C[C@H]1CCN(C(=O)OC(C)(C)C)[C@@H](C(=O)O)C1. The molecule has 4 atom stereocenters. The zero-order valence-corrected chi connectivity index (χ0v) is 21.8. The fourth-order valence-corrected chi connectivity index (χ4v) is 3.83. The maximum absolute atomic E-state index is 11.9. The number of nitrogens with zero attached hydrogens (tertiary/aromatic N) is 2. The summed E-state index contributed by atoms with van der Waals surface area (Å²) in [4.78, 5) is 48.7. The van der Waals surface area contributed by atoms with Gasteiger partial charge < -0.3 is 19.7 Å². The van der Waals surface area contributed by atoms with E-state index in [1.54, 1.807) is 41.5 Å². The lowest BCUT2D eigenvalue weighted by Gasteiger charge is -2.36. The number of likely N-dealkylation sites (tertiary alicyclic amines) is 2. The van der Waals surface area contributed by atoms with Gasteiger partial charge in [-0.1, -0.05) is 13.8 Å². The highest BCUT2D eigenvalue weighted by Crippen LogP contribution is 2.25. The molecule has 34 heavy (non-hydrogen) atoms. The standard InChI is InChI=1S/2C12H21NO4/c2*1-8-5-6-13(9(7-8)10(14)15)11(16)17-12(2,3)4/h2*8-9H,5-7H2,1-4H3,(H,14,15)/t2*8-,9+/m10/s1. The second-order valence-corrected chi connectivity index (χ2v) is 11.3. The van der Waals surface area contributed by atoms with Gasteiger partial charge in [-0.25, -0.2) is 19.2 Å². The first-order valence-electron chi connectivity index (χ1n) is 11.9. The van der Waals surface area contributed by atoms with Crippen molar-refractivity contribution in [2.24, 2.45) is 11.8 Å². The molecule has 2 heterocycles. The molecule has 2 amide bonds. The van der Waals surface area contributed by atoms with Crippen LogP contribution in [0.25, 0.3) is 0 Å². The number of ether oxygens (including phenoxy) is 2. The summed E-state index contributed by atoms with van der Waals surface area (Å²) in [6, 6.07) is -1.51. The minimum Gasteiger partial charge on any atom is -0.480 e. The molecule has 0 spiro atoms. The van der Waals surface area contributed by atoms with Gasteiger partial charge in [-0.15, -0.1) is 0 Å². The molecule has 0 aliphatic carbocycles. The Balaban J connectivity index is 0.000000340. The number of carboxylic acids is 2. The maximum atomic E-state index is 11.9. The van der Waals surface area contributed by atoms with E-state index in [9.17, 15) is 19.2 Å². The van der Waals surface area contributed by atoms with Crippen molar-refractivity contribution >= 4 is 24.1 Å². The van der Waals surface area contributed by atoms with E-state index in [0.717, 1.165) is 12.8 Å². The third-order valence-corrected chi connectivity index (χ3v) is 5.56. The van der Waals surface area contributed by atoms with E-state index in [1.165, 1.54) is 9.80 Å². The highest BCUT2D eigenvalue weighted by atomic mass is 16.6. The first-order chi connectivity index (χ1) is 15.4. The van der Waals surface area contributed by atoms with E-state index in [-0.39, 0.29) is 0 Å². The molecule has 2 fully saturated rings. The number of carbonyl (C=O) groups excluding carboxylic acids is 2. The van der Waals surface area contributed by atoms with Crippen molar-refractivity contribution in [3.8, 4) is 0 Å². The molecular formula is C24H42N2O8. The van der Waals surface area contributed by atoms with Crippen LogP contribution in [-0.4, -0.2) is 80.5 Å². The molecule has 2 aliphatic rings. The highest BCUT2D eigenvalue weighted by molar-refractivity contribution is 5.81. The van der Waals surface area contributed by atoms with Crippen molar-refractivity contribution in [1.82, 2.24) is 9.80 Å². The van der Waals surface area contributed by atoms with E-state index in [0.29, 0.717) is 37.8 Å². The number of hydrogen-bond acceptors (Lipinski definition) is 6. The lowest BCUT2D eigenvalue weighted by Crippen LogP contribution is -2.51. The number of carbonyl (C=O) groups is 4. The zero-order chi connectivity index (χ0) is 26.4. The summed E-state index contributed by atoms with van der Waals surface area (Å²) in [5.41, 5.74) is -1.19. The summed E-state index contributed by atoms with van der Waals surface area (Å²) < 4.78 is 10.4. The Kier molecular flexibility index (Phi) is 10.2. The molecule has 196 valence electrons. The predicted octanol–water partition coefficient (Wildman–Crippen LogP) is 4.21. The molecule has 0 radical (unpaired) electrons. The summed E-state index contributed by atoms with van der Waals surface area (Å²) in [5.74, 6) is -1.26. The molecule has 0 aromatic carbocycles. The van der Waals surface area contributed by atoms with Crippen LogP contribution >= 0.6 is 0 Å². The number of carboxylic acid groups (broad SMARTS) is 2. The Labute approximate surface area is 202 Å². The van der Waals surface area contributed by atoms with Crippen molar-refractivity contribution in [2.75, 3.05) is 13.1 Å². The van der Waals surface area contributed by atoms with Crippen molar-refractivity contribution in [3.63, 3.8) is 0 Å². The summed E-state index contributed by atoms with van der Waals surface area (Å²) in [6.07, 6.45) is 1.57. The van der Waals surface area contributed by atoms with Gasteiger partial charge in [-0.2, -0.15) is 0 Å². The number of piperidine rings is 2. The summed E-state index contributed by atoms with van der Waals surface area (Å²) >= 11 is 0. The van der Waals surface area contributed by atoms with Crippen molar-refractivity contribution in [2.45, 2.75) is 104 Å². The molecule has 10 nitrogen and oxygen atoms in total. The molecule has 0 bridgehead atoms. The second-order valence-electron chi connectivity index (χ2n) is 11.3. The van der Waals surface area contributed by atoms with Crippen LogP contribution in [0.2, 0.25) is 0 Å². The van der Waals surface area contributed by atoms with Crippen molar-refractivity contribution < 1.29 is 38.9 Å². The molecule has 2 rings (SSSR count). The van der Waals surface area contributed by atoms with Crippen LogP contribution in [0.3, 0.4) is 0 Å². The molecule has 10 heteroatoms. The van der Waals surface area contributed by atoms with Crippen LogP contribution in [0, 0.1) is 11.8 Å². The third kappa shape index (κ3) is 9.77. The van der Waals surface area contributed by atoms with Gasteiger partial charge in [0.25, 0.3) is 0 Å². The van der Waals surface area contributed by atoms with Gasteiger partial charge in [0.2, 0.25) is 0 Å². The Morgan fingerprint density at radius 2 is 0.971 bits per heavy atom. The fourth-order valence-electron chi connectivity index (χ4n) is 3.83. The Morgan fingerprint density at radius 3 is 1.21 bits per heavy atom. The largest absolute Gasteiger partial charge is 0.480 e.